The van der Waals surface area contributed by atoms with Crippen LogP contribution in [0.25, 0.3) is 0 Å². The number of hydrogen-bond acceptors (Lipinski definition) is 2. The Morgan fingerprint density at radius 3 is 2.16 bits per heavy atom. The van der Waals surface area contributed by atoms with E-state index in [2.05, 4.69) is 49.7 Å². The van der Waals surface area contributed by atoms with Crippen LogP contribution in [-0.4, -0.2) is 4.98 Å². The average molecular weight is 250 g/mol. The molecule has 0 aliphatic carbocycles. The smallest absolute Gasteiger partial charge is 0.113 e. The van der Waals surface area contributed by atoms with E-state index in [1.54, 1.807) is 12.3 Å². The third-order valence-electron chi connectivity index (χ3n) is 2.87. The maximum absolute atomic E-state index is 5.58. The first-order valence-electron chi connectivity index (χ1n) is 6.29. The lowest BCUT2D eigenvalue weighted by Crippen LogP contribution is -2.10. The maximum atomic E-state index is 5.58. The number of pyridine rings is 1. The first-order valence-corrected chi connectivity index (χ1v) is 6.29. The van der Waals surface area contributed by atoms with Gasteiger partial charge in [-0.15, -0.1) is 0 Å². The minimum absolute atomic E-state index is 0.171. The van der Waals surface area contributed by atoms with Gasteiger partial charge in [-0.05, 0) is 41.2 Å². The van der Waals surface area contributed by atoms with E-state index in [1.165, 1.54) is 5.56 Å². The maximum Gasteiger partial charge on any atom is 0.113 e. The average Bonchev–Trinajstić information content (AvgIpc) is 2.37. The summed E-state index contributed by atoms with van der Waals surface area (Å²) >= 11 is 0. The van der Waals surface area contributed by atoms with Gasteiger partial charge in [0.05, 0.1) is 11.9 Å². The van der Waals surface area contributed by atoms with Crippen LogP contribution in [0.1, 0.15) is 37.6 Å². The predicted octanol–water partition coefficient (Wildman–Crippen LogP) is 3.36. The lowest BCUT2D eigenvalue weighted by atomic mass is 9.87. The van der Waals surface area contributed by atoms with E-state index in [-0.39, 0.29) is 5.41 Å². The number of benzene rings is 1. The van der Waals surface area contributed by atoms with Crippen molar-refractivity contribution in [3.63, 3.8) is 0 Å². The minimum atomic E-state index is 0.171. The second-order valence-electron chi connectivity index (χ2n) is 5.55. The topological polar surface area (TPSA) is 38.9 Å². The van der Waals surface area contributed by atoms with Gasteiger partial charge in [0.1, 0.15) is 5.69 Å². The summed E-state index contributed by atoms with van der Waals surface area (Å²) in [5.41, 5.74) is 9.44. The highest BCUT2D eigenvalue weighted by molar-refractivity contribution is 5.44. The van der Waals surface area contributed by atoms with Crippen molar-refractivity contribution in [1.29, 1.82) is 0 Å². The normalized spacial score (nSPS) is 10.7. The second kappa shape index (κ2) is 5.16. The van der Waals surface area contributed by atoms with Crippen molar-refractivity contribution >= 4 is 5.69 Å². The van der Waals surface area contributed by atoms with Crippen LogP contribution >= 0.6 is 0 Å². The van der Waals surface area contributed by atoms with Gasteiger partial charge in [-0.2, -0.15) is 0 Å². The van der Waals surface area contributed by atoms with Crippen LogP contribution in [0.15, 0.2) is 42.6 Å². The molecule has 2 aromatic rings. The number of anilines is 1. The van der Waals surface area contributed by atoms with E-state index in [4.69, 9.17) is 5.73 Å². The molecule has 0 aliphatic rings. The summed E-state index contributed by atoms with van der Waals surface area (Å²) in [6.07, 6.45) is 1.62. The summed E-state index contributed by atoms with van der Waals surface area (Å²) in [5, 5.41) is 0. The number of rotatable bonds is 0. The van der Waals surface area contributed by atoms with Crippen LogP contribution in [0, 0.1) is 11.8 Å². The molecule has 2 nitrogen and oxygen atoms in total. The number of nitrogens with two attached hydrogens (primary N) is 1. The van der Waals surface area contributed by atoms with Crippen molar-refractivity contribution in [1.82, 2.24) is 4.98 Å². The first-order chi connectivity index (χ1) is 8.95. The quantitative estimate of drug-likeness (QED) is 0.728. The fraction of sp³-hybridized carbons (Fsp3) is 0.235. The largest absolute Gasteiger partial charge is 0.397 e. The fourth-order valence-corrected chi connectivity index (χ4v) is 1.67. The zero-order valence-corrected chi connectivity index (χ0v) is 11.6. The predicted molar refractivity (Wildman–Crippen MR) is 79.8 cm³/mol. The molecule has 2 heteroatoms. The van der Waals surface area contributed by atoms with E-state index in [9.17, 15) is 0 Å². The van der Waals surface area contributed by atoms with Gasteiger partial charge in [-0.3, -0.25) is 0 Å². The van der Waals surface area contributed by atoms with E-state index in [1.807, 2.05) is 18.2 Å². The Kier molecular flexibility index (Phi) is 3.57. The Labute approximate surface area is 114 Å². The standard InChI is InChI=1S/C17H18N2/c1-17(2,3)14-7-4-13(5-8-14)6-10-16-11-9-15(18)12-19-16/h4-5,7-9,11-12H,18H2,1-3H3. The lowest BCUT2D eigenvalue weighted by molar-refractivity contribution is 0.590. The molecule has 0 atom stereocenters. The highest BCUT2D eigenvalue weighted by Crippen LogP contribution is 2.21. The van der Waals surface area contributed by atoms with Crippen LogP contribution < -0.4 is 5.73 Å². The Balaban J connectivity index is 2.19. The molecule has 0 aliphatic heterocycles. The fourth-order valence-electron chi connectivity index (χ4n) is 1.67. The molecule has 2 rings (SSSR count). The number of nitrogen functional groups attached to an aromatic ring is 1. The first kappa shape index (κ1) is 13.2. The zero-order valence-electron chi connectivity index (χ0n) is 11.6. The summed E-state index contributed by atoms with van der Waals surface area (Å²) in [6, 6.07) is 12.0. The lowest BCUT2D eigenvalue weighted by Gasteiger charge is -2.18. The third kappa shape index (κ3) is 3.59. The van der Waals surface area contributed by atoms with Crippen LogP contribution in [0.2, 0.25) is 0 Å². The molecular formula is C17H18N2. The van der Waals surface area contributed by atoms with E-state index in [0.29, 0.717) is 5.69 Å². The molecule has 0 unspecified atom stereocenters. The third-order valence-corrected chi connectivity index (χ3v) is 2.87. The van der Waals surface area contributed by atoms with Gasteiger partial charge in [0.25, 0.3) is 0 Å². The number of aromatic nitrogens is 1. The molecule has 0 saturated heterocycles. The Hall–Kier alpha value is -2.27. The molecule has 0 fully saturated rings. The van der Waals surface area contributed by atoms with Crippen LogP contribution in [0.4, 0.5) is 5.69 Å². The molecule has 2 N–H and O–H groups in total. The molecule has 1 heterocycles. The van der Waals surface area contributed by atoms with Crippen molar-refractivity contribution in [3.05, 3.63) is 59.4 Å². The molecule has 1 aromatic heterocycles. The van der Waals surface area contributed by atoms with Crippen molar-refractivity contribution < 1.29 is 0 Å². The highest BCUT2D eigenvalue weighted by Gasteiger charge is 2.12. The van der Waals surface area contributed by atoms with Crippen molar-refractivity contribution in [2.24, 2.45) is 0 Å². The van der Waals surface area contributed by atoms with Gasteiger partial charge in [-0.1, -0.05) is 38.8 Å². The van der Waals surface area contributed by atoms with Crippen LogP contribution in [0.5, 0.6) is 0 Å². The summed E-state index contributed by atoms with van der Waals surface area (Å²) in [5.74, 6) is 6.14. The van der Waals surface area contributed by atoms with E-state index >= 15 is 0 Å². The Bertz CT molecular complexity index is 606. The molecule has 19 heavy (non-hydrogen) atoms. The molecule has 1 aromatic carbocycles. The van der Waals surface area contributed by atoms with Gasteiger partial charge >= 0.3 is 0 Å². The number of hydrogen-bond donors (Lipinski definition) is 1. The Morgan fingerprint density at radius 1 is 0.947 bits per heavy atom. The highest BCUT2D eigenvalue weighted by atomic mass is 14.7. The molecule has 0 radical (unpaired) electrons. The second-order valence-corrected chi connectivity index (χ2v) is 5.55. The molecule has 0 bridgehead atoms. The van der Waals surface area contributed by atoms with Crippen molar-refractivity contribution in [2.45, 2.75) is 26.2 Å². The minimum Gasteiger partial charge on any atom is -0.397 e. The van der Waals surface area contributed by atoms with E-state index < -0.39 is 0 Å². The zero-order chi connectivity index (χ0) is 13.9. The molecule has 96 valence electrons. The molecule has 0 saturated carbocycles. The SMILES string of the molecule is CC(C)(C)c1ccc(C#Cc2ccc(N)cn2)cc1. The van der Waals surface area contributed by atoms with Gasteiger partial charge in [-0.25, -0.2) is 4.98 Å². The van der Waals surface area contributed by atoms with Gasteiger partial charge in [0, 0.05) is 5.56 Å². The monoisotopic (exact) mass is 250 g/mol. The summed E-state index contributed by atoms with van der Waals surface area (Å²) in [7, 11) is 0. The summed E-state index contributed by atoms with van der Waals surface area (Å²) < 4.78 is 0. The summed E-state index contributed by atoms with van der Waals surface area (Å²) in [4.78, 5) is 4.15. The van der Waals surface area contributed by atoms with Gasteiger partial charge in [0.2, 0.25) is 0 Å². The van der Waals surface area contributed by atoms with Gasteiger partial charge < -0.3 is 5.73 Å². The van der Waals surface area contributed by atoms with Crippen molar-refractivity contribution in [3.8, 4) is 11.8 Å². The molecular weight excluding hydrogens is 232 g/mol. The van der Waals surface area contributed by atoms with Gasteiger partial charge in [0.15, 0.2) is 0 Å². The van der Waals surface area contributed by atoms with Crippen LogP contribution in [-0.2, 0) is 5.41 Å². The Morgan fingerprint density at radius 2 is 1.63 bits per heavy atom. The number of nitrogens with zero attached hydrogens (tertiary/aromatic N) is 1. The van der Waals surface area contributed by atoms with Crippen molar-refractivity contribution in [2.75, 3.05) is 5.73 Å². The van der Waals surface area contributed by atoms with E-state index in [0.717, 1.165) is 11.3 Å². The summed E-state index contributed by atoms with van der Waals surface area (Å²) in [6.45, 7) is 6.60. The van der Waals surface area contributed by atoms with Crippen LogP contribution in [0.3, 0.4) is 0 Å². The molecule has 0 spiro atoms. The molecule has 0 amide bonds.